The highest BCUT2D eigenvalue weighted by molar-refractivity contribution is 6.55. The van der Waals surface area contributed by atoms with Crippen LogP contribution in [0.2, 0.25) is 12.1 Å². The molecule has 2 aromatic rings. The largest absolute Gasteiger partial charge is 0.597 e. The molecule has 4 nitrogen and oxygen atoms in total. The Bertz CT molecular complexity index is 689. The molecule has 0 saturated carbocycles. The first kappa shape index (κ1) is 17.2. The molecule has 0 amide bonds. The zero-order chi connectivity index (χ0) is 17.8. The second-order valence-corrected chi connectivity index (χ2v) is 7.01. The molecule has 1 unspecified atom stereocenters. The summed E-state index contributed by atoms with van der Waals surface area (Å²) in [5.41, 5.74) is 0. The van der Waals surface area contributed by atoms with Gasteiger partial charge in [-0.2, -0.15) is 0 Å². The van der Waals surface area contributed by atoms with Crippen molar-refractivity contribution in [3.63, 3.8) is 0 Å². The van der Waals surface area contributed by atoms with Gasteiger partial charge in [0.05, 0.1) is 0 Å². The average Bonchev–Trinajstić information content (AvgIpc) is 3.27. The molecular weight excluding hydrogens is 326 g/mol. The fourth-order valence-corrected chi connectivity index (χ4v) is 3.61. The molecule has 0 N–H and O–H groups in total. The van der Waals surface area contributed by atoms with Gasteiger partial charge in [0.1, 0.15) is 23.0 Å². The van der Waals surface area contributed by atoms with E-state index in [9.17, 15) is 0 Å². The molecule has 6 heteroatoms. The molecule has 0 fully saturated rings. The van der Waals surface area contributed by atoms with Crippen molar-refractivity contribution >= 4 is 14.2 Å². The third-order valence-electron chi connectivity index (χ3n) is 5.01. The molecule has 0 radical (unpaired) electrons. The van der Waals surface area contributed by atoms with Crippen molar-refractivity contribution in [2.75, 3.05) is 0 Å². The lowest BCUT2D eigenvalue weighted by Crippen LogP contribution is -2.36. The van der Waals surface area contributed by atoms with Crippen LogP contribution in [0.25, 0.3) is 0 Å². The van der Waals surface area contributed by atoms with Gasteiger partial charge in [-0.05, 0) is 30.7 Å². The van der Waals surface area contributed by atoms with Crippen LogP contribution in [0.3, 0.4) is 0 Å². The molecule has 4 rings (SSSR count). The molecular formula is C20H24B2O4. The molecule has 2 aliphatic rings. The summed E-state index contributed by atoms with van der Waals surface area (Å²) in [6.45, 7) is 2.23. The number of benzene rings is 2. The van der Waals surface area contributed by atoms with Crippen molar-refractivity contribution in [3.05, 3.63) is 48.5 Å². The van der Waals surface area contributed by atoms with E-state index in [1.165, 1.54) is 19.3 Å². The summed E-state index contributed by atoms with van der Waals surface area (Å²) in [7, 11) is -0.551. The van der Waals surface area contributed by atoms with Gasteiger partial charge < -0.3 is 18.6 Å². The minimum absolute atomic E-state index is 0.221. The summed E-state index contributed by atoms with van der Waals surface area (Å²) in [4.78, 5) is 0. The summed E-state index contributed by atoms with van der Waals surface area (Å²) in [5, 5.41) is 0. The molecule has 2 heterocycles. The van der Waals surface area contributed by atoms with Gasteiger partial charge in [-0.25, -0.2) is 0 Å². The lowest BCUT2D eigenvalue weighted by molar-refractivity contribution is 0.440. The summed E-state index contributed by atoms with van der Waals surface area (Å²) in [6, 6.07) is 15.7. The molecule has 0 aliphatic carbocycles. The highest BCUT2D eigenvalue weighted by atomic mass is 16.6. The monoisotopic (exact) mass is 350 g/mol. The minimum Gasteiger partial charge on any atom is -0.523 e. The SMILES string of the molecule is CCCCCCC(CB1Oc2ccccc2O1)B1Oc2ccccc2O1. The van der Waals surface area contributed by atoms with Crippen LogP contribution in [0, 0.1) is 0 Å². The van der Waals surface area contributed by atoms with E-state index in [0.717, 1.165) is 42.2 Å². The fraction of sp³-hybridized carbons (Fsp3) is 0.400. The molecule has 2 aromatic carbocycles. The van der Waals surface area contributed by atoms with Crippen molar-refractivity contribution in [2.45, 2.75) is 51.2 Å². The van der Waals surface area contributed by atoms with Crippen molar-refractivity contribution in [1.82, 2.24) is 0 Å². The van der Waals surface area contributed by atoms with Crippen LogP contribution in [-0.4, -0.2) is 14.2 Å². The van der Waals surface area contributed by atoms with Crippen molar-refractivity contribution < 1.29 is 18.6 Å². The number of rotatable bonds is 8. The summed E-state index contributed by atoms with van der Waals surface area (Å²) in [6.07, 6.45) is 6.69. The Morgan fingerprint density at radius 1 is 0.731 bits per heavy atom. The molecule has 0 spiro atoms. The molecule has 26 heavy (non-hydrogen) atoms. The zero-order valence-electron chi connectivity index (χ0n) is 15.2. The third kappa shape index (κ3) is 3.79. The first-order valence-corrected chi connectivity index (χ1v) is 9.68. The summed E-state index contributed by atoms with van der Waals surface area (Å²) < 4.78 is 24.1. The van der Waals surface area contributed by atoms with E-state index in [2.05, 4.69) is 6.92 Å². The number of hydrogen-bond donors (Lipinski definition) is 0. The standard InChI is InChI=1S/C20H24B2O4/c1-2-3-4-5-10-16(22-25-19-13-8-9-14-20(19)26-22)15-21-23-17-11-6-7-12-18(17)24-21/h6-9,11-14,16H,2-5,10,15H2,1H3. The van der Waals surface area contributed by atoms with E-state index in [-0.39, 0.29) is 20.1 Å². The zero-order valence-corrected chi connectivity index (χ0v) is 15.2. The first-order valence-electron chi connectivity index (χ1n) is 9.68. The average molecular weight is 350 g/mol. The Morgan fingerprint density at radius 2 is 1.27 bits per heavy atom. The lowest BCUT2D eigenvalue weighted by Gasteiger charge is -2.18. The van der Waals surface area contributed by atoms with E-state index in [1.807, 2.05) is 48.5 Å². The van der Waals surface area contributed by atoms with E-state index in [0.29, 0.717) is 0 Å². The first-order chi connectivity index (χ1) is 12.8. The van der Waals surface area contributed by atoms with Gasteiger partial charge in [0, 0.05) is 12.1 Å². The summed E-state index contributed by atoms with van der Waals surface area (Å²) in [5.74, 6) is 3.51. The van der Waals surface area contributed by atoms with E-state index in [4.69, 9.17) is 18.6 Å². The van der Waals surface area contributed by atoms with Gasteiger partial charge in [-0.15, -0.1) is 0 Å². The van der Waals surface area contributed by atoms with Crippen LogP contribution >= 0.6 is 0 Å². The van der Waals surface area contributed by atoms with Gasteiger partial charge in [0.25, 0.3) is 0 Å². The highest BCUT2D eigenvalue weighted by Crippen LogP contribution is 2.41. The highest BCUT2D eigenvalue weighted by Gasteiger charge is 2.45. The van der Waals surface area contributed by atoms with Crippen LogP contribution in [0.4, 0.5) is 0 Å². The molecule has 0 aromatic heterocycles. The molecule has 134 valence electrons. The van der Waals surface area contributed by atoms with Crippen molar-refractivity contribution in [1.29, 1.82) is 0 Å². The summed E-state index contributed by atoms with van der Waals surface area (Å²) >= 11 is 0. The maximum atomic E-state index is 6.08. The Balaban J connectivity index is 1.40. The Kier molecular flexibility index (Phi) is 5.28. The Morgan fingerprint density at radius 3 is 1.81 bits per heavy atom. The van der Waals surface area contributed by atoms with Crippen molar-refractivity contribution in [3.8, 4) is 23.0 Å². The number of para-hydroxylation sites is 4. The van der Waals surface area contributed by atoms with Crippen LogP contribution in [0.1, 0.15) is 39.0 Å². The van der Waals surface area contributed by atoms with Gasteiger partial charge >= 0.3 is 14.2 Å². The molecule has 0 bridgehead atoms. The maximum absolute atomic E-state index is 6.08. The second kappa shape index (κ2) is 7.98. The number of fused-ring (bicyclic) bond motifs is 2. The third-order valence-corrected chi connectivity index (χ3v) is 5.01. The van der Waals surface area contributed by atoms with Gasteiger partial charge in [0.15, 0.2) is 0 Å². The van der Waals surface area contributed by atoms with E-state index < -0.39 is 0 Å². The minimum atomic E-state index is -0.278. The Hall–Kier alpha value is -2.23. The molecule has 1 atom stereocenters. The molecule has 2 aliphatic heterocycles. The van der Waals surface area contributed by atoms with Crippen LogP contribution < -0.4 is 18.6 Å². The van der Waals surface area contributed by atoms with Crippen LogP contribution in [0.5, 0.6) is 23.0 Å². The maximum Gasteiger partial charge on any atom is 0.597 e. The number of unbranched alkanes of at least 4 members (excludes halogenated alkanes) is 3. The van der Waals surface area contributed by atoms with Gasteiger partial charge in [-0.1, -0.05) is 56.9 Å². The van der Waals surface area contributed by atoms with E-state index in [1.54, 1.807) is 0 Å². The topological polar surface area (TPSA) is 36.9 Å². The Labute approximate surface area is 156 Å². The predicted octanol–water partition coefficient (Wildman–Crippen LogP) is 5.25. The van der Waals surface area contributed by atoms with E-state index >= 15 is 0 Å². The quantitative estimate of drug-likeness (QED) is 0.482. The van der Waals surface area contributed by atoms with Crippen LogP contribution in [-0.2, 0) is 0 Å². The van der Waals surface area contributed by atoms with Crippen LogP contribution in [0.15, 0.2) is 48.5 Å². The fourth-order valence-electron chi connectivity index (χ4n) is 3.61. The lowest BCUT2D eigenvalue weighted by atomic mass is 9.59. The second-order valence-electron chi connectivity index (χ2n) is 7.01. The smallest absolute Gasteiger partial charge is 0.523 e. The normalized spacial score (nSPS) is 15.4. The van der Waals surface area contributed by atoms with Crippen molar-refractivity contribution in [2.24, 2.45) is 0 Å². The van der Waals surface area contributed by atoms with Gasteiger partial charge in [0.2, 0.25) is 0 Å². The molecule has 0 saturated heterocycles. The predicted molar refractivity (Wildman–Crippen MR) is 104 cm³/mol. The number of hydrogen-bond acceptors (Lipinski definition) is 4. The van der Waals surface area contributed by atoms with Gasteiger partial charge in [-0.3, -0.25) is 0 Å².